The van der Waals surface area contributed by atoms with Gasteiger partial charge in [0.1, 0.15) is 5.54 Å². The molecule has 0 aromatic heterocycles. The van der Waals surface area contributed by atoms with Gasteiger partial charge in [0.25, 0.3) is 0 Å². The van der Waals surface area contributed by atoms with Crippen molar-refractivity contribution in [2.24, 2.45) is 17.1 Å². The molecule has 2 fully saturated rings. The van der Waals surface area contributed by atoms with Crippen molar-refractivity contribution in [2.45, 2.75) is 31.1 Å². The van der Waals surface area contributed by atoms with Crippen LogP contribution < -0.4 is 11.1 Å². The fourth-order valence-corrected chi connectivity index (χ4v) is 3.77. The number of carboxylic acid groups (broad SMARTS) is 1. The van der Waals surface area contributed by atoms with Crippen LogP contribution in [0.15, 0.2) is 0 Å². The summed E-state index contributed by atoms with van der Waals surface area (Å²) in [7, 11) is -1.31. The normalized spacial score (nSPS) is 38.9. The first-order chi connectivity index (χ1) is 8.01. The van der Waals surface area contributed by atoms with Gasteiger partial charge in [-0.3, -0.25) is 4.79 Å². The van der Waals surface area contributed by atoms with Gasteiger partial charge in [-0.05, 0) is 32.3 Å². The van der Waals surface area contributed by atoms with E-state index in [4.69, 9.17) is 15.8 Å². The van der Waals surface area contributed by atoms with Gasteiger partial charge in [0.15, 0.2) is 0 Å². The maximum atomic E-state index is 11.4. The number of rotatable bonds is 6. The summed E-state index contributed by atoms with van der Waals surface area (Å²) in [4.78, 5) is 11.4. The predicted octanol–water partition coefficient (Wildman–Crippen LogP) is -1.37. The number of hydrogen-bond acceptors (Lipinski definition) is 5. The van der Waals surface area contributed by atoms with Gasteiger partial charge in [0, 0.05) is 11.3 Å². The Bertz CT molecular complexity index is 327. The minimum atomic E-state index is -1.31. The molecule has 6 nitrogen and oxygen atoms in total. The standard InChI is InChI=1S/C10H19BN2O4/c12-6-7-9(2-1-4-11(16)17)3-5-13-10(7,9)8(14)15/h7,13,16-17H,1-6,12H2,(H,14,15)/t7-,9+,10+/m0/s1. The van der Waals surface area contributed by atoms with E-state index in [1.165, 1.54) is 0 Å². The predicted molar refractivity (Wildman–Crippen MR) is 62.2 cm³/mol. The summed E-state index contributed by atoms with van der Waals surface area (Å²) in [5, 5.41) is 30.1. The van der Waals surface area contributed by atoms with Crippen molar-refractivity contribution < 1.29 is 19.9 Å². The number of carbonyl (C=O) groups is 1. The highest BCUT2D eigenvalue weighted by atomic mass is 16.4. The lowest BCUT2D eigenvalue weighted by Gasteiger charge is -2.13. The van der Waals surface area contributed by atoms with Gasteiger partial charge in [-0.15, -0.1) is 0 Å². The van der Waals surface area contributed by atoms with Crippen molar-refractivity contribution in [3.63, 3.8) is 0 Å². The number of nitrogens with two attached hydrogens (primary N) is 1. The van der Waals surface area contributed by atoms with Crippen molar-refractivity contribution in [1.29, 1.82) is 0 Å². The average molecular weight is 242 g/mol. The Morgan fingerprint density at radius 3 is 2.71 bits per heavy atom. The van der Waals surface area contributed by atoms with Gasteiger partial charge in [0.05, 0.1) is 0 Å². The van der Waals surface area contributed by atoms with Crippen LogP contribution in [0.3, 0.4) is 0 Å². The van der Waals surface area contributed by atoms with Crippen LogP contribution >= 0.6 is 0 Å². The summed E-state index contributed by atoms with van der Waals surface area (Å²) in [6, 6.07) is 0. The molecule has 1 heterocycles. The van der Waals surface area contributed by atoms with Crippen molar-refractivity contribution in [2.75, 3.05) is 13.1 Å². The third kappa shape index (κ3) is 1.61. The number of piperidine rings is 1. The molecule has 2 rings (SSSR count). The van der Waals surface area contributed by atoms with Crippen molar-refractivity contribution >= 4 is 13.1 Å². The number of fused-ring (bicyclic) bond motifs is 1. The SMILES string of the molecule is NC[C@H]1[C@@]2(CCCB(O)O)CCN[C@@]12C(=O)O. The first-order valence-corrected chi connectivity index (χ1v) is 6.06. The first-order valence-electron chi connectivity index (χ1n) is 6.06. The minimum absolute atomic E-state index is 0.0305. The quantitative estimate of drug-likeness (QED) is 0.367. The van der Waals surface area contributed by atoms with Crippen LogP contribution in [0.25, 0.3) is 0 Å². The second-order valence-corrected chi connectivity index (χ2v) is 5.11. The van der Waals surface area contributed by atoms with Crippen LogP contribution in [-0.4, -0.2) is 46.9 Å². The van der Waals surface area contributed by atoms with Crippen LogP contribution in [0.4, 0.5) is 0 Å². The monoisotopic (exact) mass is 242 g/mol. The Morgan fingerprint density at radius 1 is 1.53 bits per heavy atom. The van der Waals surface area contributed by atoms with E-state index in [0.717, 1.165) is 6.42 Å². The molecule has 0 spiro atoms. The number of aliphatic carboxylic acids is 1. The lowest BCUT2D eigenvalue weighted by atomic mass is 9.80. The Hall–Kier alpha value is -0.625. The molecule has 3 atom stereocenters. The summed E-state index contributed by atoms with van der Waals surface area (Å²) in [6.07, 6.45) is 2.40. The smallest absolute Gasteiger partial charge is 0.451 e. The first kappa shape index (κ1) is 12.8. The fraction of sp³-hybridized carbons (Fsp3) is 0.900. The Morgan fingerprint density at radius 2 is 2.24 bits per heavy atom. The molecule has 17 heavy (non-hydrogen) atoms. The van der Waals surface area contributed by atoms with Crippen molar-refractivity contribution in [3.8, 4) is 0 Å². The van der Waals surface area contributed by atoms with E-state index in [1.54, 1.807) is 0 Å². The third-order valence-corrected chi connectivity index (χ3v) is 4.52. The molecular formula is C10H19BN2O4. The number of carboxylic acids is 1. The zero-order chi connectivity index (χ0) is 12.7. The summed E-state index contributed by atoms with van der Waals surface area (Å²) < 4.78 is 0. The van der Waals surface area contributed by atoms with E-state index in [9.17, 15) is 9.90 Å². The van der Waals surface area contributed by atoms with E-state index in [-0.39, 0.29) is 17.7 Å². The van der Waals surface area contributed by atoms with Crippen LogP contribution in [0.5, 0.6) is 0 Å². The molecule has 1 aliphatic heterocycles. The number of nitrogens with one attached hydrogen (secondary N) is 1. The molecule has 96 valence electrons. The second-order valence-electron chi connectivity index (χ2n) is 5.11. The molecule has 7 heteroatoms. The van der Waals surface area contributed by atoms with E-state index < -0.39 is 18.6 Å². The zero-order valence-corrected chi connectivity index (χ0v) is 9.72. The molecular weight excluding hydrogens is 223 g/mol. The van der Waals surface area contributed by atoms with Gasteiger partial charge in [-0.1, -0.05) is 6.42 Å². The van der Waals surface area contributed by atoms with Crippen molar-refractivity contribution in [3.05, 3.63) is 0 Å². The molecule has 1 saturated heterocycles. The van der Waals surface area contributed by atoms with E-state index in [1.807, 2.05) is 0 Å². The molecule has 0 aromatic carbocycles. The summed E-state index contributed by atoms with van der Waals surface area (Å²) in [5.74, 6) is -0.855. The molecule has 0 aromatic rings. The lowest BCUT2D eigenvalue weighted by Crippen LogP contribution is -2.41. The summed E-state index contributed by atoms with van der Waals surface area (Å²) >= 11 is 0. The Kier molecular flexibility index (Phi) is 3.20. The Labute approximate surface area is 100 Å². The summed E-state index contributed by atoms with van der Waals surface area (Å²) in [5.41, 5.74) is 4.53. The van der Waals surface area contributed by atoms with E-state index in [0.29, 0.717) is 25.9 Å². The van der Waals surface area contributed by atoms with Crippen LogP contribution in [-0.2, 0) is 4.79 Å². The fourth-order valence-electron chi connectivity index (χ4n) is 3.77. The molecule has 0 bridgehead atoms. The largest absolute Gasteiger partial charge is 0.480 e. The van der Waals surface area contributed by atoms with E-state index in [2.05, 4.69) is 5.32 Å². The van der Waals surface area contributed by atoms with Gasteiger partial charge in [-0.2, -0.15) is 0 Å². The second kappa shape index (κ2) is 4.24. The Balaban J connectivity index is 2.05. The van der Waals surface area contributed by atoms with E-state index >= 15 is 0 Å². The highest BCUT2D eigenvalue weighted by Gasteiger charge is 2.81. The van der Waals surface area contributed by atoms with Crippen LogP contribution in [0.2, 0.25) is 6.32 Å². The molecule has 0 amide bonds. The molecule has 2 aliphatic rings. The highest BCUT2D eigenvalue weighted by Crippen LogP contribution is 2.69. The van der Waals surface area contributed by atoms with Crippen LogP contribution in [0.1, 0.15) is 19.3 Å². The van der Waals surface area contributed by atoms with Gasteiger partial charge >= 0.3 is 13.1 Å². The topological polar surface area (TPSA) is 116 Å². The summed E-state index contributed by atoms with van der Waals surface area (Å²) in [6.45, 7) is 1.06. The molecule has 6 N–H and O–H groups in total. The average Bonchev–Trinajstić information content (AvgIpc) is 2.60. The molecule has 0 unspecified atom stereocenters. The maximum Gasteiger partial charge on any atom is 0.451 e. The van der Waals surface area contributed by atoms with Gasteiger partial charge < -0.3 is 26.2 Å². The van der Waals surface area contributed by atoms with Gasteiger partial charge in [0.2, 0.25) is 0 Å². The van der Waals surface area contributed by atoms with Gasteiger partial charge in [-0.25, -0.2) is 0 Å². The van der Waals surface area contributed by atoms with Crippen molar-refractivity contribution in [1.82, 2.24) is 5.32 Å². The molecule has 1 saturated carbocycles. The maximum absolute atomic E-state index is 11.4. The lowest BCUT2D eigenvalue weighted by molar-refractivity contribution is -0.141. The highest BCUT2D eigenvalue weighted by molar-refractivity contribution is 6.40. The molecule has 1 aliphatic carbocycles. The van der Waals surface area contributed by atoms with Crippen LogP contribution in [0, 0.1) is 11.3 Å². The number of hydrogen-bond donors (Lipinski definition) is 5. The molecule has 0 radical (unpaired) electrons. The zero-order valence-electron chi connectivity index (χ0n) is 9.72. The minimum Gasteiger partial charge on any atom is -0.480 e. The third-order valence-electron chi connectivity index (χ3n) is 4.52.